The van der Waals surface area contributed by atoms with Gasteiger partial charge in [-0.3, -0.25) is 4.79 Å². The summed E-state index contributed by atoms with van der Waals surface area (Å²) in [6, 6.07) is 14.2. The Morgan fingerprint density at radius 1 is 1.20 bits per heavy atom. The summed E-state index contributed by atoms with van der Waals surface area (Å²) >= 11 is 1.65. The number of rotatable bonds is 8. The summed E-state index contributed by atoms with van der Waals surface area (Å²) < 4.78 is 10.2. The number of imidazole rings is 1. The maximum absolute atomic E-state index is 11.4. The summed E-state index contributed by atoms with van der Waals surface area (Å²) in [5.41, 5.74) is 3.95. The topological polar surface area (TPSA) is 79.6 Å². The molecule has 4 rings (SSSR count). The van der Waals surface area contributed by atoms with Gasteiger partial charge in [-0.2, -0.15) is 0 Å². The van der Waals surface area contributed by atoms with Crippen molar-refractivity contribution in [2.75, 3.05) is 36.0 Å². The number of aromatic nitrogens is 2. The predicted molar refractivity (Wildman–Crippen MR) is 143 cm³/mol. The van der Waals surface area contributed by atoms with Gasteiger partial charge in [-0.15, -0.1) is 0 Å². The first-order valence-corrected chi connectivity index (χ1v) is 13.1. The van der Waals surface area contributed by atoms with E-state index in [0.29, 0.717) is 11.6 Å². The van der Waals surface area contributed by atoms with Crippen molar-refractivity contribution in [3.63, 3.8) is 0 Å². The first-order chi connectivity index (χ1) is 16.8. The molecule has 1 aliphatic rings. The maximum Gasteiger partial charge on any atom is 0.250 e. The van der Waals surface area contributed by atoms with Crippen molar-refractivity contribution in [3.8, 4) is 0 Å². The molecule has 0 radical (unpaired) electrons. The van der Waals surface area contributed by atoms with Crippen LogP contribution in [-0.2, 0) is 21.5 Å². The average molecular weight is 497 g/mol. The number of fused-ring (bicyclic) bond motifs is 1. The van der Waals surface area contributed by atoms with E-state index in [9.17, 15) is 4.79 Å². The normalized spacial score (nSPS) is 14.9. The third-order valence-electron chi connectivity index (χ3n) is 6.26. The van der Waals surface area contributed by atoms with E-state index in [4.69, 9.17) is 14.8 Å². The van der Waals surface area contributed by atoms with Gasteiger partial charge in [-0.1, -0.05) is 20.8 Å². The number of hydrogen-bond donors (Lipinski definition) is 2. The molecule has 3 aromatic rings. The van der Waals surface area contributed by atoms with E-state index in [1.54, 1.807) is 11.9 Å². The highest BCUT2D eigenvalue weighted by molar-refractivity contribution is 8.00. The first kappa shape index (κ1) is 25.5. The van der Waals surface area contributed by atoms with Gasteiger partial charge in [0.2, 0.25) is 5.91 Å². The van der Waals surface area contributed by atoms with Crippen LogP contribution in [0.2, 0.25) is 0 Å². The van der Waals surface area contributed by atoms with Crippen molar-refractivity contribution in [3.05, 3.63) is 48.3 Å². The fourth-order valence-electron chi connectivity index (χ4n) is 4.44. The van der Waals surface area contributed by atoms with Gasteiger partial charge < -0.3 is 24.0 Å². The average Bonchev–Trinajstić information content (AvgIpc) is 3.22. The summed E-state index contributed by atoms with van der Waals surface area (Å²) in [6.07, 6.45) is 2.20. The molecule has 1 aliphatic heterocycles. The largest absolute Gasteiger partial charge is 0.387 e. The number of ether oxygens (including phenoxy) is 1. The van der Waals surface area contributed by atoms with Gasteiger partial charge in [0.15, 0.2) is 0 Å². The molecule has 1 aromatic heterocycles. The van der Waals surface area contributed by atoms with Crippen LogP contribution in [0, 0.1) is 5.92 Å². The second kappa shape index (κ2) is 11.0. The molecule has 8 heteroatoms. The van der Waals surface area contributed by atoms with Crippen LogP contribution in [0.15, 0.2) is 47.4 Å². The quantitative estimate of drug-likeness (QED) is 0.416. The van der Waals surface area contributed by atoms with Gasteiger partial charge in [-0.05, 0) is 80.1 Å². The minimum atomic E-state index is -0.523. The van der Waals surface area contributed by atoms with E-state index in [-0.39, 0.29) is 5.41 Å². The zero-order valence-corrected chi connectivity index (χ0v) is 21.9. The Kier molecular flexibility index (Phi) is 8.04. The fraction of sp³-hybridized carbons (Fsp3) is 0.481. The van der Waals surface area contributed by atoms with Crippen LogP contribution in [0.5, 0.6) is 0 Å². The fourth-order valence-corrected chi connectivity index (χ4v) is 5.30. The molecule has 0 aliphatic carbocycles. The molecule has 188 valence electrons. The number of anilines is 2. The molecular weight excluding hydrogens is 460 g/mol. The van der Waals surface area contributed by atoms with Crippen LogP contribution in [0.1, 0.15) is 46.4 Å². The Labute approximate surface area is 212 Å². The third kappa shape index (κ3) is 6.18. The summed E-state index contributed by atoms with van der Waals surface area (Å²) in [5.74, 6) is 1.34. The Morgan fingerprint density at radius 3 is 2.54 bits per heavy atom. The lowest BCUT2D eigenvalue weighted by atomic mass is 9.94. The maximum atomic E-state index is 11.4. The minimum absolute atomic E-state index is 0.0449. The third-order valence-corrected chi connectivity index (χ3v) is 7.43. The molecule has 1 saturated heterocycles. The van der Waals surface area contributed by atoms with E-state index in [1.807, 2.05) is 24.3 Å². The molecule has 0 atom stereocenters. The molecule has 7 nitrogen and oxygen atoms in total. The highest BCUT2D eigenvalue weighted by Gasteiger charge is 2.26. The minimum Gasteiger partial charge on any atom is -0.387 e. The molecule has 35 heavy (non-hydrogen) atoms. The molecule has 0 spiro atoms. The number of amides is 1. The Hall–Kier alpha value is -2.55. The SMILES string of the molecule is CCN(Sc1ccc(NC(=O)CO)cc1)c1ccc2c(c1)nc(C(C)(C)C)n2CC1CCOCC1. The molecule has 1 amide bonds. The highest BCUT2D eigenvalue weighted by atomic mass is 32.2. The highest BCUT2D eigenvalue weighted by Crippen LogP contribution is 2.34. The van der Waals surface area contributed by atoms with Gasteiger partial charge in [0.1, 0.15) is 12.4 Å². The van der Waals surface area contributed by atoms with Crippen molar-refractivity contribution in [1.82, 2.24) is 9.55 Å². The number of benzene rings is 2. The van der Waals surface area contributed by atoms with Gasteiger partial charge >= 0.3 is 0 Å². The molecule has 2 aromatic carbocycles. The second-order valence-electron chi connectivity index (χ2n) is 10.0. The standard InChI is InChI=1S/C27H36N4O3S/c1-5-31(35-22-9-6-20(7-10-22)28-25(33)18-32)21-8-11-24-23(16-21)29-26(27(2,3)4)30(24)17-19-12-14-34-15-13-19/h6-11,16,19,32H,5,12-15,17-18H2,1-4H3,(H,28,33). The van der Waals surface area contributed by atoms with Gasteiger partial charge in [0, 0.05) is 48.0 Å². The number of carbonyl (C=O) groups is 1. The summed E-state index contributed by atoms with van der Waals surface area (Å²) in [5, 5.41) is 11.6. The zero-order chi connectivity index (χ0) is 25.0. The van der Waals surface area contributed by atoms with Gasteiger partial charge in [0.25, 0.3) is 0 Å². The molecular formula is C27H36N4O3S. The summed E-state index contributed by atoms with van der Waals surface area (Å²) in [7, 11) is 0. The predicted octanol–water partition coefficient (Wildman–Crippen LogP) is 5.22. The van der Waals surface area contributed by atoms with E-state index in [1.165, 1.54) is 5.52 Å². The Morgan fingerprint density at radius 2 is 1.91 bits per heavy atom. The van der Waals surface area contributed by atoms with Gasteiger partial charge in [-0.25, -0.2) is 4.98 Å². The lowest BCUT2D eigenvalue weighted by Gasteiger charge is -2.26. The van der Waals surface area contributed by atoms with Crippen LogP contribution >= 0.6 is 11.9 Å². The lowest BCUT2D eigenvalue weighted by Crippen LogP contribution is -2.25. The summed E-state index contributed by atoms with van der Waals surface area (Å²) in [6.45, 7) is 11.8. The van der Waals surface area contributed by atoms with E-state index in [2.05, 4.69) is 60.1 Å². The number of nitrogens with one attached hydrogen (secondary N) is 1. The van der Waals surface area contributed by atoms with Crippen molar-refractivity contribution in [2.45, 2.75) is 57.4 Å². The van der Waals surface area contributed by atoms with Crippen molar-refractivity contribution in [1.29, 1.82) is 0 Å². The zero-order valence-electron chi connectivity index (χ0n) is 21.1. The van der Waals surface area contributed by atoms with E-state index >= 15 is 0 Å². The molecule has 0 saturated carbocycles. The first-order valence-electron chi connectivity index (χ1n) is 12.3. The number of aliphatic hydroxyl groups excluding tert-OH is 1. The van der Waals surface area contributed by atoms with Crippen molar-refractivity contribution in [2.24, 2.45) is 5.92 Å². The lowest BCUT2D eigenvalue weighted by molar-refractivity contribution is -0.118. The van der Waals surface area contributed by atoms with Gasteiger partial charge in [0.05, 0.1) is 11.0 Å². The molecule has 1 fully saturated rings. The van der Waals surface area contributed by atoms with Crippen LogP contribution in [0.25, 0.3) is 11.0 Å². The Bertz CT molecular complexity index is 1150. The molecule has 0 bridgehead atoms. The molecule has 2 heterocycles. The van der Waals surface area contributed by atoms with Crippen LogP contribution in [0.3, 0.4) is 0 Å². The number of aliphatic hydroxyl groups is 1. The second-order valence-corrected chi connectivity index (χ2v) is 11.1. The smallest absolute Gasteiger partial charge is 0.250 e. The number of nitrogens with zero attached hydrogens (tertiary/aromatic N) is 3. The van der Waals surface area contributed by atoms with Crippen molar-refractivity contribution < 1.29 is 14.6 Å². The van der Waals surface area contributed by atoms with Crippen molar-refractivity contribution >= 4 is 40.3 Å². The van der Waals surface area contributed by atoms with E-state index < -0.39 is 12.5 Å². The van der Waals surface area contributed by atoms with Crippen LogP contribution in [0.4, 0.5) is 11.4 Å². The van der Waals surface area contributed by atoms with Crippen LogP contribution < -0.4 is 9.62 Å². The van der Waals surface area contributed by atoms with Crippen LogP contribution in [-0.4, -0.2) is 46.9 Å². The molecule has 0 unspecified atom stereocenters. The number of hydrogen-bond acceptors (Lipinski definition) is 6. The Balaban J connectivity index is 1.58. The summed E-state index contributed by atoms with van der Waals surface area (Å²) in [4.78, 5) is 17.6. The van der Waals surface area contributed by atoms with E-state index in [0.717, 1.165) is 61.1 Å². The monoisotopic (exact) mass is 496 g/mol. The number of carbonyl (C=O) groups excluding carboxylic acids is 1. The molecule has 2 N–H and O–H groups in total.